The molecule has 0 aliphatic rings. The largest absolute Gasteiger partial charge is 0.490 e. The summed E-state index contributed by atoms with van der Waals surface area (Å²) < 4.78 is 10.7. The predicted molar refractivity (Wildman–Crippen MR) is 94.8 cm³/mol. The Bertz CT molecular complexity index is 697. The SMILES string of the molecule is C=CCOc1ccc(C=NNC(=O)COc2ccc(Cl)cc2)cc1. The van der Waals surface area contributed by atoms with Gasteiger partial charge >= 0.3 is 0 Å². The maximum Gasteiger partial charge on any atom is 0.277 e. The lowest BCUT2D eigenvalue weighted by molar-refractivity contribution is -0.123. The lowest BCUT2D eigenvalue weighted by Gasteiger charge is -2.05. The topological polar surface area (TPSA) is 59.9 Å². The van der Waals surface area contributed by atoms with Gasteiger partial charge in [0.2, 0.25) is 0 Å². The second-order valence-corrected chi connectivity index (χ2v) is 5.14. The summed E-state index contributed by atoms with van der Waals surface area (Å²) >= 11 is 5.77. The quantitative estimate of drug-likeness (QED) is 0.453. The summed E-state index contributed by atoms with van der Waals surface area (Å²) in [5.41, 5.74) is 3.23. The number of amides is 1. The Balaban J connectivity index is 1.75. The Hall–Kier alpha value is -2.79. The molecule has 0 spiro atoms. The minimum absolute atomic E-state index is 0.132. The van der Waals surface area contributed by atoms with Crippen molar-refractivity contribution < 1.29 is 14.3 Å². The van der Waals surface area contributed by atoms with Crippen molar-refractivity contribution in [3.05, 3.63) is 71.8 Å². The number of ether oxygens (including phenoxy) is 2. The third-order valence-corrected chi connectivity index (χ3v) is 3.09. The molecule has 0 radical (unpaired) electrons. The third-order valence-electron chi connectivity index (χ3n) is 2.83. The number of nitrogens with zero attached hydrogens (tertiary/aromatic N) is 1. The van der Waals surface area contributed by atoms with Gasteiger partial charge in [0.05, 0.1) is 6.21 Å². The van der Waals surface area contributed by atoms with E-state index in [1.54, 1.807) is 30.3 Å². The molecular weight excluding hydrogens is 328 g/mol. The van der Waals surface area contributed by atoms with Crippen LogP contribution in [0.25, 0.3) is 0 Å². The van der Waals surface area contributed by atoms with Crippen LogP contribution in [-0.4, -0.2) is 25.3 Å². The van der Waals surface area contributed by atoms with Crippen molar-refractivity contribution >= 4 is 23.7 Å². The third kappa shape index (κ3) is 6.14. The summed E-state index contributed by atoms with van der Waals surface area (Å²) in [5.74, 6) is 0.952. The van der Waals surface area contributed by atoms with E-state index >= 15 is 0 Å². The Labute approximate surface area is 145 Å². The van der Waals surface area contributed by atoms with E-state index in [1.165, 1.54) is 6.21 Å². The van der Waals surface area contributed by atoms with Crippen LogP contribution in [0.3, 0.4) is 0 Å². The molecule has 0 heterocycles. The Morgan fingerprint density at radius 1 is 1.08 bits per heavy atom. The van der Waals surface area contributed by atoms with E-state index < -0.39 is 0 Å². The molecule has 0 saturated carbocycles. The van der Waals surface area contributed by atoms with Gasteiger partial charge in [-0.05, 0) is 54.1 Å². The highest BCUT2D eigenvalue weighted by Gasteiger charge is 2.01. The summed E-state index contributed by atoms with van der Waals surface area (Å²) in [4.78, 5) is 11.6. The van der Waals surface area contributed by atoms with Crippen LogP contribution in [0.15, 0.2) is 66.3 Å². The van der Waals surface area contributed by atoms with Crippen molar-refractivity contribution in [1.29, 1.82) is 0 Å². The second-order valence-electron chi connectivity index (χ2n) is 4.70. The second kappa shape index (κ2) is 9.37. The summed E-state index contributed by atoms with van der Waals surface area (Å²) in [6.45, 7) is 3.91. The molecule has 0 fully saturated rings. The zero-order valence-corrected chi connectivity index (χ0v) is 13.7. The van der Waals surface area contributed by atoms with Gasteiger partial charge in [0.25, 0.3) is 5.91 Å². The molecule has 5 nitrogen and oxygen atoms in total. The number of hydrogen-bond donors (Lipinski definition) is 1. The molecule has 2 aromatic rings. The first-order valence-electron chi connectivity index (χ1n) is 7.21. The fourth-order valence-electron chi connectivity index (χ4n) is 1.70. The number of benzene rings is 2. The van der Waals surface area contributed by atoms with E-state index in [0.717, 1.165) is 11.3 Å². The van der Waals surface area contributed by atoms with Gasteiger partial charge in [-0.2, -0.15) is 5.10 Å². The summed E-state index contributed by atoms with van der Waals surface area (Å²) in [5, 5.41) is 4.49. The highest BCUT2D eigenvalue weighted by Crippen LogP contribution is 2.15. The van der Waals surface area contributed by atoms with Crippen LogP contribution < -0.4 is 14.9 Å². The average Bonchev–Trinajstić information content (AvgIpc) is 2.60. The molecule has 0 saturated heterocycles. The van der Waals surface area contributed by atoms with Gasteiger partial charge in [-0.25, -0.2) is 5.43 Å². The first kappa shape index (κ1) is 17.6. The highest BCUT2D eigenvalue weighted by atomic mass is 35.5. The van der Waals surface area contributed by atoms with E-state index in [4.69, 9.17) is 21.1 Å². The Morgan fingerprint density at radius 3 is 2.38 bits per heavy atom. The van der Waals surface area contributed by atoms with E-state index in [0.29, 0.717) is 17.4 Å². The van der Waals surface area contributed by atoms with Crippen LogP contribution in [0.1, 0.15) is 5.56 Å². The number of hydrogen-bond acceptors (Lipinski definition) is 4. The van der Waals surface area contributed by atoms with Gasteiger partial charge in [0.1, 0.15) is 18.1 Å². The first-order chi connectivity index (χ1) is 11.7. The normalized spacial score (nSPS) is 10.4. The Kier molecular flexibility index (Phi) is 6.86. The lowest BCUT2D eigenvalue weighted by Crippen LogP contribution is -2.24. The molecule has 6 heteroatoms. The number of hydrazone groups is 1. The molecule has 0 bridgehead atoms. The van der Waals surface area contributed by atoms with Gasteiger partial charge in [-0.3, -0.25) is 4.79 Å². The Morgan fingerprint density at radius 2 is 1.71 bits per heavy atom. The average molecular weight is 345 g/mol. The van der Waals surface area contributed by atoms with E-state index in [-0.39, 0.29) is 12.5 Å². The molecule has 2 rings (SSSR count). The fraction of sp³-hybridized carbons (Fsp3) is 0.111. The van der Waals surface area contributed by atoms with Crippen LogP contribution in [0.5, 0.6) is 11.5 Å². The van der Waals surface area contributed by atoms with Crippen LogP contribution in [-0.2, 0) is 4.79 Å². The van der Waals surface area contributed by atoms with Crippen LogP contribution >= 0.6 is 11.6 Å². The maximum atomic E-state index is 11.6. The number of carbonyl (C=O) groups is 1. The highest BCUT2D eigenvalue weighted by molar-refractivity contribution is 6.30. The van der Waals surface area contributed by atoms with Crippen molar-refractivity contribution in [2.75, 3.05) is 13.2 Å². The molecule has 1 amide bonds. The molecule has 0 aliphatic carbocycles. The molecule has 0 aliphatic heterocycles. The minimum Gasteiger partial charge on any atom is -0.490 e. The van der Waals surface area contributed by atoms with Crippen molar-refractivity contribution in [1.82, 2.24) is 5.43 Å². The first-order valence-corrected chi connectivity index (χ1v) is 7.59. The molecule has 1 N–H and O–H groups in total. The summed E-state index contributed by atoms with van der Waals surface area (Å²) in [6.07, 6.45) is 3.22. The van der Waals surface area contributed by atoms with E-state index in [9.17, 15) is 4.79 Å². The molecular formula is C18H17ClN2O3. The van der Waals surface area contributed by atoms with E-state index in [1.807, 2.05) is 24.3 Å². The van der Waals surface area contributed by atoms with Gasteiger partial charge in [-0.1, -0.05) is 24.3 Å². The van der Waals surface area contributed by atoms with Crippen molar-refractivity contribution in [3.63, 3.8) is 0 Å². The van der Waals surface area contributed by atoms with E-state index in [2.05, 4.69) is 17.1 Å². The van der Waals surface area contributed by atoms with Crippen molar-refractivity contribution in [3.8, 4) is 11.5 Å². The minimum atomic E-state index is -0.355. The molecule has 0 aromatic heterocycles. The smallest absolute Gasteiger partial charge is 0.277 e. The molecule has 24 heavy (non-hydrogen) atoms. The zero-order valence-electron chi connectivity index (χ0n) is 12.9. The maximum absolute atomic E-state index is 11.6. The van der Waals surface area contributed by atoms with Crippen molar-refractivity contribution in [2.45, 2.75) is 0 Å². The molecule has 124 valence electrons. The zero-order chi connectivity index (χ0) is 17.2. The molecule has 0 unspecified atom stereocenters. The number of carbonyl (C=O) groups excluding carboxylic acids is 1. The lowest BCUT2D eigenvalue weighted by atomic mass is 10.2. The van der Waals surface area contributed by atoms with Gasteiger partial charge < -0.3 is 9.47 Å². The monoisotopic (exact) mass is 344 g/mol. The summed E-state index contributed by atoms with van der Waals surface area (Å²) in [7, 11) is 0. The molecule has 2 aromatic carbocycles. The fourth-order valence-corrected chi connectivity index (χ4v) is 1.82. The molecule has 0 atom stereocenters. The van der Waals surface area contributed by atoms with Crippen LogP contribution in [0.2, 0.25) is 5.02 Å². The van der Waals surface area contributed by atoms with Gasteiger partial charge in [0, 0.05) is 5.02 Å². The van der Waals surface area contributed by atoms with Crippen molar-refractivity contribution in [2.24, 2.45) is 5.10 Å². The standard InChI is InChI=1S/C18H17ClN2O3/c1-2-11-23-16-7-3-14(4-8-16)12-20-21-18(22)13-24-17-9-5-15(19)6-10-17/h2-10,12H,1,11,13H2,(H,21,22). The number of nitrogens with one attached hydrogen (secondary N) is 1. The van der Waals surface area contributed by atoms with Crippen LogP contribution in [0.4, 0.5) is 0 Å². The summed E-state index contributed by atoms with van der Waals surface area (Å²) in [6, 6.07) is 14.1. The number of rotatable bonds is 8. The number of halogens is 1. The van der Waals surface area contributed by atoms with Gasteiger partial charge in [0.15, 0.2) is 6.61 Å². The predicted octanol–water partition coefficient (Wildman–Crippen LogP) is 3.43. The van der Waals surface area contributed by atoms with Gasteiger partial charge in [-0.15, -0.1) is 0 Å². The van der Waals surface area contributed by atoms with Crippen LogP contribution in [0, 0.1) is 0 Å².